The molecule has 3 N–H and O–H groups in total. The summed E-state index contributed by atoms with van der Waals surface area (Å²) in [7, 11) is 0. The standard InChI is InChI=1S/C19H22ClFN4O/c1-2-22-19(25-13-14-3-9-17(21)10-4-14)24-12-11-23-18(26)15-5-7-16(20)8-6-15/h3-10H,2,11-13H2,1H3,(H,23,26)(H2,22,24,25). The molecule has 2 aromatic rings. The number of aliphatic imine (C=N–C) groups is 1. The minimum atomic E-state index is -0.265. The van der Waals surface area contributed by atoms with E-state index in [9.17, 15) is 9.18 Å². The number of nitrogens with one attached hydrogen (secondary N) is 3. The molecule has 0 spiro atoms. The Morgan fingerprint density at radius 3 is 2.31 bits per heavy atom. The lowest BCUT2D eigenvalue weighted by molar-refractivity contribution is 0.0954. The van der Waals surface area contributed by atoms with Gasteiger partial charge in [0.05, 0.1) is 6.54 Å². The molecule has 0 unspecified atom stereocenters. The molecule has 0 fully saturated rings. The van der Waals surface area contributed by atoms with Crippen LogP contribution >= 0.6 is 11.6 Å². The normalized spacial score (nSPS) is 11.1. The van der Waals surface area contributed by atoms with Crippen molar-refractivity contribution in [3.63, 3.8) is 0 Å². The first-order valence-electron chi connectivity index (χ1n) is 8.39. The molecule has 0 aliphatic carbocycles. The van der Waals surface area contributed by atoms with Gasteiger partial charge in [-0.05, 0) is 48.9 Å². The maximum absolute atomic E-state index is 12.9. The number of nitrogens with zero attached hydrogens (tertiary/aromatic N) is 1. The van der Waals surface area contributed by atoms with Crippen molar-refractivity contribution < 1.29 is 9.18 Å². The average molecular weight is 377 g/mol. The second-order valence-electron chi connectivity index (χ2n) is 5.51. The number of guanidine groups is 1. The van der Waals surface area contributed by atoms with Crippen LogP contribution < -0.4 is 16.0 Å². The van der Waals surface area contributed by atoms with Crippen LogP contribution in [0.3, 0.4) is 0 Å². The summed E-state index contributed by atoms with van der Waals surface area (Å²) in [6, 6.07) is 13.0. The summed E-state index contributed by atoms with van der Waals surface area (Å²) >= 11 is 5.81. The quantitative estimate of drug-likeness (QED) is 0.395. The first kappa shape index (κ1) is 19.7. The SMILES string of the molecule is CCNC(=NCc1ccc(F)cc1)NCCNC(=O)c1ccc(Cl)cc1. The topological polar surface area (TPSA) is 65.5 Å². The minimum Gasteiger partial charge on any atom is -0.357 e. The van der Waals surface area contributed by atoms with Crippen LogP contribution in [0.25, 0.3) is 0 Å². The molecule has 0 saturated heterocycles. The summed E-state index contributed by atoms with van der Waals surface area (Å²) in [4.78, 5) is 16.4. The van der Waals surface area contributed by atoms with E-state index in [1.807, 2.05) is 6.92 Å². The van der Waals surface area contributed by atoms with Crippen LogP contribution in [0.5, 0.6) is 0 Å². The zero-order chi connectivity index (χ0) is 18.8. The van der Waals surface area contributed by atoms with Gasteiger partial charge in [0, 0.05) is 30.2 Å². The molecular formula is C19H22ClFN4O. The minimum absolute atomic E-state index is 0.156. The number of hydrogen-bond acceptors (Lipinski definition) is 2. The monoisotopic (exact) mass is 376 g/mol. The van der Waals surface area contributed by atoms with E-state index in [-0.39, 0.29) is 11.7 Å². The van der Waals surface area contributed by atoms with Crippen molar-refractivity contribution in [2.45, 2.75) is 13.5 Å². The van der Waals surface area contributed by atoms with Crippen molar-refractivity contribution in [1.82, 2.24) is 16.0 Å². The third-order valence-corrected chi connectivity index (χ3v) is 3.74. The predicted molar refractivity (Wildman–Crippen MR) is 103 cm³/mol. The molecular weight excluding hydrogens is 355 g/mol. The van der Waals surface area contributed by atoms with Gasteiger partial charge in [-0.25, -0.2) is 9.38 Å². The van der Waals surface area contributed by atoms with Gasteiger partial charge in [-0.2, -0.15) is 0 Å². The lowest BCUT2D eigenvalue weighted by Gasteiger charge is -2.12. The van der Waals surface area contributed by atoms with Crippen molar-refractivity contribution in [1.29, 1.82) is 0 Å². The number of benzene rings is 2. The molecule has 2 aromatic carbocycles. The molecule has 0 aromatic heterocycles. The Labute approximate surface area is 157 Å². The van der Waals surface area contributed by atoms with Crippen molar-refractivity contribution >= 4 is 23.5 Å². The molecule has 26 heavy (non-hydrogen) atoms. The number of amides is 1. The zero-order valence-electron chi connectivity index (χ0n) is 14.6. The maximum atomic E-state index is 12.9. The smallest absolute Gasteiger partial charge is 0.251 e. The molecule has 1 amide bonds. The van der Waals surface area contributed by atoms with E-state index < -0.39 is 0 Å². The number of carbonyl (C=O) groups excluding carboxylic acids is 1. The first-order valence-corrected chi connectivity index (χ1v) is 8.76. The van der Waals surface area contributed by atoms with Gasteiger partial charge in [-0.1, -0.05) is 23.7 Å². The Kier molecular flexibility index (Phi) is 7.89. The Hall–Kier alpha value is -2.60. The lowest BCUT2D eigenvalue weighted by Crippen LogP contribution is -2.41. The largest absolute Gasteiger partial charge is 0.357 e. The van der Waals surface area contributed by atoms with Crippen LogP contribution in [0.15, 0.2) is 53.5 Å². The number of halogens is 2. The van der Waals surface area contributed by atoms with Gasteiger partial charge in [0.25, 0.3) is 5.91 Å². The van der Waals surface area contributed by atoms with Gasteiger partial charge in [-0.3, -0.25) is 4.79 Å². The summed E-state index contributed by atoms with van der Waals surface area (Å²) in [5.74, 6) is 0.216. The molecule has 5 nitrogen and oxygen atoms in total. The number of hydrogen-bond donors (Lipinski definition) is 3. The molecule has 0 aliphatic heterocycles. The fourth-order valence-corrected chi connectivity index (χ4v) is 2.29. The molecule has 0 radical (unpaired) electrons. The third kappa shape index (κ3) is 6.72. The Morgan fingerprint density at radius 2 is 1.65 bits per heavy atom. The maximum Gasteiger partial charge on any atom is 0.251 e. The molecule has 0 heterocycles. The highest BCUT2D eigenvalue weighted by Crippen LogP contribution is 2.09. The highest BCUT2D eigenvalue weighted by atomic mass is 35.5. The summed E-state index contributed by atoms with van der Waals surface area (Å²) in [6.07, 6.45) is 0. The Bertz CT molecular complexity index is 732. The molecule has 0 saturated carbocycles. The van der Waals surface area contributed by atoms with Crippen LogP contribution in [-0.4, -0.2) is 31.5 Å². The van der Waals surface area contributed by atoms with E-state index in [0.717, 1.165) is 5.56 Å². The summed E-state index contributed by atoms with van der Waals surface area (Å²) in [5.41, 5.74) is 1.48. The van der Waals surface area contributed by atoms with Crippen LogP contribution in [0, 0.1) is 5.82 Å². The Balaban J connectivity index is 1.78. The van der Waals surface area contributed by atoms with E-state index >= 15 is 0 Å². The third-order valence-electron chi connectivity index (χ3n) is 3.49. The average Bonchev–Trinajstić information content (AvgIpc) is 2.64. The fourth-order valence-electron chi connectivity index (χ4n) is 2.16. The summed E-state index contributed by atoms with van der Waals surface area (Å²) < 4.78 is 12.9. The van der Waals surface area contributed by atoms with Crippen molar-refractivity contribution in [2.24, 2.45) is 4.99 Å². The van der Waals surface area contributed by atoms with E-state index in [0.29, 0.717) is 42.7 Å². The van der Waals surface area contributed by atoms with Gasteiger partial charge >= 0.3 is 0 Å². The van der Waals surface area contributed by atoms with Crippen LogP contribution in [0.2, 0.25) is 5.02 Å². The van der Waals surface area contributed by atoms with Gasteiger partial charge in [0.15, 0.2) is 5.96 Å². The molecule has 0 atom stereocenters. The summed E-state index contributed by atoms with van der Waals surface area (Å²) in [6.45, 7) is 4.09. The molecule has 7 heteroatoms. The van der Waals surface area contributed by atoms with Gasteiger partial charge in [0.1, 0.15) is 5.82 Å². The fraction of sp³-hybridized carbons (Fsp3) is 0.263. The van der Waals surface area contributed by atoms with Gasteiger partial charge in [0.2, 0.25) is 0 Å². The second-order valence-corrected chi connectivity index (χ2v) is 5.95. The molecule has 138 valence electrons. The zero-order valence-corrected chi connectivity index (χ0v) is 15.3. The van der Waals surface area contributed by atoms with Crippen molar-refractivity contribution in [3.05, 3.63) is 70.5 Å². The first-order chi connectivity index (χ1) is 12.6. The number of rotatable bonds is 7. The van der Waals surface area contributed by atoms with E-state index in [4.69, 9.17) is 11.6 Å². The molecule has 0 bridgehead atoms. The molecule has 0 aliphatic rings. The lowest BCUT2D eigenvalue weighted by atomic mass is 10.2. The van der Waals surface area contributed by atoms with Crippen LogP contribution in [-0.2, 0) is 6.54 Å². The highest BCUT2D eigenvalue weighted by Gasteiger charge is 2.04. The number of carbonyl (C=O) groups is 1. The predicted octanol–water partition coefficient (Wildman–Crippen LogP) is 2.96. The Morgan fingerprint density at radius 1 is 1.00 bits per heavy atom. The van der Waals surface area contributed by atoms with E-state index in [2.05, 4.69) is 20.9 Å². The summed E-state index contributed by atoms with van der Waals surface area (Å²) in [5, 5.41) is 9.70. The second kappa shape index (κ2) is 10.4. The van der Waals surface area contributed by atoms with Crippen molar-refractivity contribution in [2.75, 3.05) is 19.6 Å². The van der Waals surface area contributed by atoms with E-state index in [1.165, 1.54) is 12.1 Å². The van der Waals surface area contributed by atoms with Crippen molar-refractivity contribution in [3.8, 4) is 0 Å². The highest BCUT2D eigenvalue weighted by molar-refractivity contribution is 6.30. The van der Waals surface area contributed by atoms with Crippen LogP contribution in [0.1, 0.15) is 22.8 Å². The van der Waals surface area contributed by atoms with Gasteiger partial charge in [-0.15, -0.1) is 0 Å². The molecule has 2 rings (SSSR count). The van der Waals surface area contributed by atoms with Crippen LogP contribution in [0.4, 0.5) is 4.39 Å². The van der Waals surface area contributed by atoms with E-state index in [1.54, 1.807) is 36.4 Å². The van der Waals surface area contributed by atoms with Gasteiger partial charge < -0.3 is 16.0 Å².